The van der Waals surface area contributed by atoms with Crippen LogP contribution in [-0.2, 0) is 16.3 Å². The van der Waals surface area contributed by atoms with Crippen LogP contribution < -0.4 is 5.32 Å². The highest BCUT2D eigenvalue weighted by atomic mass is 32.2. The molecule has 8 heteroatoms. The molecule has 0 saturated heterocycles. The minimum absolute atomic E-state index is 0.155. The van der Waals surface area contributed by atoms with E-state index in [4.69, 9.17) is 0 Å². The van der Waals surface area contributed by atoms with Gasteiger partial charge in [0, 0.05) is 19.2 Å². The van der Waals surface area contributed by atoms with Crippen LogP contribution in [0.4, 0.5) is 5.82 Å². The van der Waals surface area contributed by atoms with Crippen molar-refractivity contribution in [3.8, 4) is 0 Å². The van der Waals surface area contributed by atoms with Gasteiger partial charge in [0.05, 0.1) is 5.25 Å². The molecule has 0 bridgehead atoms. The molecule has 1 aliphatic carbocycles. The first-order valence-electron chi connectivity index (χ1n) is 8.11. The summed E-state index contributed by atoms with van der Waals surface area (Å²) in [5, 5.41) is 15.9. The number of anilines is 1. The highest BCUT2D eigenvalue weighted by Crippen LogP contribution is 2.28. The van der Waals surface area contributed by atoms with E-state index in [0.29, 0.717) is 5.92 Å². The second-order valence-electron chi connectivity index (χ2n) is 6.31. The van der Waals surface area contributed by atoms with Crippen LogP contribution in [0.1, 0.15) is 38.4 Å². The molecule has 1 fully saturated rings. The Bertz CT molecular complexity index is 778. The van der Waals surface area contributed by atoms with Crippen molar-refractivity contribution >= 4 is 21.3 Å². The third-order valence-corrected chi connectivity index (χ3v) is 6.30. The number of sulfone groups is 1. The predicted octanol–water partition coefficient (Wildman–Crippen LogP) is 1.70. The van der Waals surface area contributed by atoms with E-state index in [1.165, 1.54) is 6.26 Å². The molecule has 1 aliphatic rings. The highest BCUT2D eigenvalue weighted by Gasteiger charge is 2.27. The van der Waals surface area contributed by atoms with Gasteiger partial charge in [0.2, 0.25) is 0 Å². The highest BCUT2D eigenvalue weighted by molar-refractivity contribution is 7.91. The summed E-state index contributed by atoms with van der Waals surface area (Å²) in [5.74, 6) is 2.15. The average Bonchev–Trinajstić information content (AvgIpc) is 2.94. The number of hydrogen-bond donors (Lipinski definition) is 1. The summed E-state index contributed by atoms with van der Waals surface area (Å²) < 4.78 is 24.9. The number of rotatable bonds is 5. The molecule has 0 unspecified atom stereocenters. The van der Waals surface area contributed by atoms with Crippen LogP contribution in [0.15, 0.2) is 12.1 Å². The normalized spacial score (nSPS) is 22.3. The minimum atomic E-state index is -2.89. The molecule has 1 saturated carbocycles. The molecule has 2 aromatic rings. The fourth-order valence-corrected chi connectivity index (χ4v) is 4.29. The van der Waals surface area contributed by atoms with E-state index >= 15 is 0 Å². The monoisotopic (exact) mass is 337 g/mol. The molecule has 0 amide bonds. The first kappa shape index (κ1) is 16.2. The summed E-state index contributed by atoms with van der Waals surface area (Å²) in [7, 11) is -2.89. The molecule has 0 spiro atoms. The standard InChI is InChI=1S/C15H23N5O2S/c1-3-14-17-18-15-9-8-13(19-20(14)15)16-10-11-4-6-12(7-5-11)23(2,21)22/h8-9,11-12H,3-7,10H2,1-2H3,(H,16,19). The van der Waals surface area contributed by atoms with E-state index in [2.05, 4.69) is 20.6 Å². The van der Waals surface area contributed by atoms with Crippen molar-refractivity contribution in [3.63, 3.8) is 0 Å². The fourth-order valence-electron chi connectivity index (χ4n) is 3.16. The Morgan fingerprint density at radius 3 is 2.61 bits per heavy atom. The third-order valence-electron chi connectivity index (χ3n) is 4.61. The van der Waals surface area contributed by atoms with Gasteiger partial charge in [0.1, 0.15) is 15.7 Å². The van der Waals surface area contributed by atoms with Gasteiger partial charge in [-0.1, -0.05) is 6.92 Å². The molecule has 3 rings (SSSR count). The predicted molar refractivity (Wildman–Crippen MR) is 89.2 cm³/mol. The average molecular weight is 337 g/mol. The van der Waals surface area contributed by atoms with Gasteiger partial charge in [-0.3, -0.25) is 0 Å². The Morgan fingerprint density at radius 1 is 1.22 bits per heavy atom. The van der Waals surface area contributed by atoms with E-state index in [1.54, 1.807) is 4.52 Å². The van der Waals surface area contributed by atoms with E-state index in [9.17, 15) is 8.42 Å². The molecule has 7 nitrogen and oxygen atoms in total. The summed E-state index contributed by atoms with van der Waals surface area (Å²) in [5.41, 5.74) is 0.751. The van der Waals surface area contributed by atoms with E-state index in [1.807, 2.05) is 19.1 Å². The van der Waals surface area contributed by atoms with Crippen molar-refractivity contribution in [2.24, 2.45) is 5.92 Å². The lowest BCUT2D eigenvalue weighted by atomic mass is 9.89. The molecule has 2 heterocycles. The zero-order chi connectivity index (χ0) is 16.4. The quantitative estimate of drug-likeness (QED) is 0.893. The van der Waals surface area contributed by atoms with E-state index in [0.717, 1.165) is 55.9 Å². The third kappa shape index (κ3) is 3.63. The zero-order valence-corrected chi connectivity index (χ0v) is 14.4. The van der Waals surface area contributed by atoms with E-state index < -0.39 is 9.84 Å². The van der Waals surface area contributed by atoms with Crippen LogP contribution in [0.2, 0.25) is 0 Å². The van der Waals surface area contributed by atoms with Crippen molar-refractivity contribution in [1.82, 2.24) is 19.8 Å². The molecule has 0 radical (unpaired) electrons. The molecular weight excluding hydrogens is 314 g/mol. The maximum atomic E-state index is 11.6. The van der Waals surface area contributed by atoms with Crippen LogP contribution in [-0.4, -0.2) is 46.3 Å². The Labute approximate surface area is 136 Å². The number of nitrogens with one attached hydrogen (secondary N) is 1. The van der Waals surface area contributed by atoms with Crippen LogP contribution in [0, 0.1) is 5.92 Å². The SMILES string of the molecule is CCc1nnc2ccc(NCC3CCC(S(C)(=O)=O)CC3)nn12. The van der Waals surface area contributed by atoms with Gasteiger partial charge in [0.15, 0.2) is 11.5 Å². The Morgan fingerprint density at radius 2 is 1.96 bits per heavy atom. The lowest BCUT2D eigenvalue weighted by molar-refractivity contribution is 0.372. The summed E-state index contributed by atoms with van der Waals surface area (Å²) >= 11 is 0. The molecule has 23 heavy (non-hydrogen) atoms. The van der Waals surface area contributed by atoms with Gasteiger partial charge in [-0.25, -0.2) is 8.42 Å². The summed E-state index contributed by atoms with van der Waals surface area (Å²) in [6, 6.07) is 3.81. The number of nitrogens with zero attached hydrogens (tertiary/aromatic N) is 4. The molecule has 0 aromatic carbocycles. The number of fused-ring (bicyclic) bond motifs is 1. The van der Waals surface area contributed by atoms with Gasteiger partial charge in [-0.15, -0.1) is 15.3 Å². The van der Waals surface area contributed by atoms with Gasteiger partial charge < -0.3 is 5.32 Å². The van der Waals surface area contributed by atoms with Crippen LogP contribution in [0.25, 0.3) is 5.65 Å². The van der Waals surface area contributed by atoms with Crippen molar-refractivity contribution in [2.45, 2.75) is 44.3 Å². The maximum absolute atomic E-state index is 11.6. The summed E-state index contributed by atoms with van der Waals surface area (Å²) in [6.07, 6.45) is 5.55. The van der Waals surface area contributed by atoms with Crippen LogP contribution in [0.3, 0.4) is 0 Å². The molecule has 1 N–H and O–H groups in total. The molecular formula is C15H23N5O2S. The van der Waals surface area contributed by atoms with Gasteiger partial charge in [0.25, 0.3) is 0 Å². The van der Waals surface area contributed by atoms with Crippen LogP contribution >= 0.6 is 0 Å². The second-order valence-corrected chi connectivity index (χ2v) is 8.64. The lowest BCUT2D eigenvalue weighted by Crippen LogP contribution is -2.29. The van der Waals surface area contributed by atoms with Crippen molar-refractivity contribution < 1.29 is 8.42 Å². The van der Waals surface area contributed by atoms with Gasteiger partial charge in [-0.2, -0.15) is 4.52 Å². The lowest BCUT2D eigenvalue weighted by Gasteiger charge is -2.27. The largest absolute Gasteiger partial charge is 0.368 e. The Kier molecular flexibility index (Phi) is 4.52. The summed E-state index contributed by atoms with van der Waals surface area (Å²) in [4.78, 5) is 0. The first-order chi connectivity index (χ1) is 11.0. The zero-order valence-electron chi connectivity index (χ0n) is 13.6. The topological polar surface area (TPSA) is 89.2 Å². The van der Waals surface area contributed by atoms with Gasteiger partial charge >= 0.3 is 0 Å². The van der Waals surface area contributed by atoms with E-state index in [-0.39, 0.29) is 5.25 Å². The molecule has 0 aliphatic heterocycles. The smallest absolute Gasteiger partial charge is 0.178 e. The second kappa shape index (κ2) is 6.43. The van der Waals surface area contributed by atoms with Crippen molar-refractivity contribution in [2.75, 3.05) is 18.1 Å². The number of aryl methyl sites for hydroxylation is 1. The number of aromatic nitrogens is 4. The minimum Gasteiger partial charge on any atom is -0.368 e. The van der Waals surface area contributed by atoms with Crippen LogP contribution in [0.5, 0.6) is 0 Å². The maximum Gasteiger partial charge on any atom is 0.178 e. The van der Waals surface area contributed by atoms with Crippen molar-refractivity contribution in [1.29, 1.82) is 0 Å². The Hall–Kier alpha value is -1.70. The fraction of sp³-hybridized carbons (Fsp3) is 0.667. The molecule has 126 valence electrons. The van der Waals surface area contributed by atoms with Gasteiger partial charge in [-0.05, 0) is 43.7 Å². The number of hydrogen-bond acceptors (Lipinski definition) is 6. The Balaban J connectivity index is 1.59. The van der Waals surface area contributed by atoms with Crippen molar-refractivity contribution in [3.05, 3.63) is 18.0 Å². The molecule has 0 atom stereocenters. The first-order valence-corrected chi connectivity index (χ1v) is 10.1. The summed E-state index contributed by atoms with van der Waals surface area (Å²) in [6.45, 7) is 2.84. The molecule has 2 aromatic heterocycles.